The van der Waals surface area contributed by atoms with Gasteiger partial charge in [0, 0.05) is 18.8 Å². The van der Waals surface area contributed by atoms with Crippen LogP contribution in [-0.2, 0) is 9.84 Å². The van der Waals surface area contributed by atoms with Crippen LogP contribution in [0.5, 0.6) is 0 Å². The van der Waals surface area contributed by atoms with Crippen molar-refractivity contribution in [3.05, 3.63) is 0 Å². The average molecular weight is 262 g/mol. The van der Waals surface area contributed by atoms with Gasteiger partial charge in [0.05, 0.1) is 5.75 Å². The van der Waals surface area contributed by atoms with E-state index in [-0.39, 0.29) is 5.75 Å². The molecule has 0 aromatic carbocycles. The van der Waals surface area contributed by atoms with Gasteiger partial charge in [0.2, 0.25) is 0 Å². The van der Waals surface area contributed by atoms with Gasteiger partial charge in [-0.15, -0.1) is 0 Å². The third kappa shape index (κ3) is 7.73. The molecule has 0 aromatic rings. The lowest BCUT2D eigenvalue weighted by Gasteiger charge is -2.29. The Bertz CT molecular complexity index is 298. The minimum absolute atomic E-state index is 0.288. The molecule has 1 N–H and O–H groups in total. The number of nitrogens with zero attached hydrogens (tertiary/aromatic N) is 1. The Labute approximate surface area is 106 Å². The number of nitrogens with one attached hydrogen (secondary N) is 1. The predicted molar refractivity (Wildman–Crippen MR) is 72.1 cm³/mol. The van der Waals surface area contributed by atoms with Gasteiger partial charge in [-0.1, -0.05) is 6.42 Å². The molecular weight excluding hydrogens is 236 g/mol. The molecule has 1 fully saturated rings. The lowest BCUT2D eigenvalue weighted by Crippen LogP contribution is -2.41. The van der Waals surface area contributed by atoms with Gasteiger partial charge in [-0.05, 0) is 45.8 Å². The zero-order valence-electron chi connectivity index (χ0n) is 11.1. The fraction of sp³-hybridized carbons (Fsp3) is 1.00. The summed E-state index contributed by atoms with van der Waals surface area (Å²) in [6, 6.07) is 0.452. The highest BCUT2D eigenvalue weighted by atomic mass is 32.2. The van der Waals surface area contributed by atoms with E-state index < -0.39 is 9.84 Å². The Kier molecular flexibility index (Phi) is 6.44. The van der Waals surface area contributed by atoms with Crippen LogP contribution in [0.3, 0.4) is 0 Å². The number of sulfone groups is 1. The molecule has 0 saturated carbocycles. The van der Waals surface area contributed by atoms with Crippen LogP contribution in [0.1, 0.15) is 32.6 Å². The number of rotatable bonds is 7. The molecule has 1 aliphatic heterocycles. The molecule has 4 nitrogen and oxygen atoms in total. The number of hydrogen-bond donors (Lipinski definition) is 1. The lowest BCUT2D eigenvalue weighted by atomic mass is 10.1. The largest absolute Gasteiger partial charge is 0.313 e. The molecule has 1 unspecified atom stereocenters. The Hall–Kier alpha value is -0.130. The number of hydrogen-bond acceptors (Lipinski definition) is 4. The van der Waals surface area contributed by atoms with E-state index in [1.807, 2.05) is 0 Å². The average Bonchev–Trinajstić information content (AvgIpc) is 2.25. The monoisotopic (exact) mass is 262 g/mol. The van der Waals surface area contributed by atoms with E-state index in [0.717, 1.165) is 13.1 Å². The number of likely N-dealkylation sites (tertiary alicyclic amines) is 1. The van der Waals surface area contributed by atoms with Crippen molar-refractivity contribution in [3.63, 3.8) is 0 Å². The molecule has 0 aliphatic carbocycles. The third-order valence-electron chi connectivity index (χ3n) is 3.17. The van der Waals surface area contributed by atoms with Crippen molar-refractivity contribution in [2.45, 2.75) is 38.6 Å². The standard InChI is InChI=1S/C12H26N2O2S/c1-12(11-14-8-4-3-5-9-14)13-7-6-10-17(2,15)16/h12-13H,3-11H2,1-2H3. The Balaban J connectivity index is 2.06. The number of piperidine rings is 1. The van der Waals surface area contributed by atoms with E-state index >= 15 is 0 Å². The van der Waals surface area contributed by atoms with Crippen molar-refractivity contribution in [3.8, 4) is 0 Å². The molecule has 1 rings (SSSR count). The van der Waals surface area contributed by atoms with Crippen molar-refractivity contribution in [1.29, 1.82) is 0 Å². The first-order chi connectivity index (χ1) is 7.97. The molecular formula is C12H26N2O2S. The molecule has 0 spiro atoms. The summed E-state index contributed by atoms with van der Waals surface area (Å²) in [7, 11) is -2.80. The summed E-state index contributed by atoms with van der Waals surface area (Å²) in [5, 5.41) is 3.40. The van der Waals surface area contributed by atoms with Gasteiger partial charge in [0.15, 0.2) is 0 Å². The molecule has 0 aromatic heterocycles. The van der Waals surface area contributed by atoms with E-state index in [1.54, 1.807) is 0 Å². The molecule has 1 heterocycles. The van der Waals surface area contributed by atoms with Crippen LogP contribution in [0.2, 0.25) is 0 Å². The van der Waals surface area contributed by atoms with Gasteiger partial charge in [-0.2, -0.15) is 0 Å². The highest BCUT2D eigenvalue weighted by Gasteiger charge is 2.12. The van der Waals surface area contributed by atoms with Gasteiger partial charge in [0.25, 0.3) is 0 Å². The molecule has 1 atom stereocenters. The van der Waals surface area contributed by atoms with Crippen LogP contribution < -0.4 is 5.32 Å². The maximum Gasteiger partial charge on any atom is 0.147 e. The molecule has 1 aliphatic rings. The molecule has 1 saturated heterocycles. The van der Waals surface area contributed by atoms with Crippen LogP contribution in [-0.4, -0.2) is 57.5 Å². The summed E-state index contributed by atoms with van der Waals surface area (Å²) in [6.07, 6.45) is 6.02. The van der Waals surface area contributed by atoms with Gasteiger partial charge < -0.3 is 10.2 Å². The third-order valence-corrected chi connectivity index (χ3v) is 4.20. The second-order valence-electron chi connectivity index (χ2n) is 5.20. The highest BCUT2D eigenvalue weighted by molar-refractivity contribution is 7.90. The van der Waals surface area contributed by atoms with E-state index in [4.69, 9.17) is 0 Å². The van der Waals surface area contributed by atoms with Gasteiger partial charge in [0.1, 0.15) is 9.84 Å². The second kappa shape index (κ2) is 7.34. The molecule has 5 heteroatoms. The van der Waals surface area contributed by atoms with Crippen molar-refractivity contribution in [2.75, 3.05) is 38.2 Å². The smallest absolute Gasteiger partial charge is 0.147 e. The Morgan fingerprint density at radius 2 is 1.88 bits per heavy atom. The van der Waals surface area contributed by atoms with Crippen LogP contribution in [0.25, 0.3) is 0 Å². The normalized spacial score (nSPS) is 20.4. The van der Waals surface area contributed by atoms with Crippen LogP contribution >= 0.6 is 0 Å². The van der Waals surface area contributed by atoms with Gasteiger partial charge >= 0.3 is 0 Å². The minimum Gasteiger partial charge on any atom is -0.313 e. The Morgan fingerprint density at radius 1 is 1.24 bits per heavy atom. The van der Waals surface area contributed by atoms with Crippen LogP contribution in [0.15, 0.2) is 0 Å². The topological polar surface area (TPSA) is 49.4 Å². The van der Waals surface area contributed by atoms with E-state index in [0.29, 0.717) is 12.5 Å². The van der Waals surface area contributed by atoms with Crippen molar-refractivity contribution in [1.82, 2.24) is 10.2 Å². The minimum atomic E-state index is -2.80. The van der Waals surface area contributed by atoms with Crippen molar-refractivity contribution in [2.24, 2.45) is 0 Å². The molecule has 102 valence electrons. The molecule has 0 radical (unpaired) electrons. The van der Waals surface area contributed by atoms with Gasteiger partial charge in [-0.25, -0.2) is 8.42 Å². The van der Waals surface area contributed by atoms with Crippen molar-refractivity contribution >= 4 is 9.84 Å². The second-order valence-corrected chi connectivity index (χ2v) is 7.46. The highest BCUT2D eigenvalue weighted by Crippen LogP contribution is 2.08. The quantitative estimate of drug-likeness (QED) is 0.692. The SMILES string of the molecule is CC(CN1CCCCC1)NCCCS(C)(=O)=O. The Morgan fingerprint density at radius 3 is 2.47 bits per heavy atom. The fourth-order valence-corrected chi connectivity index (χ4v) is 2.95. The lowest BCUT2D eigenvalue weighted by molar-refractivity contribution is 0.209. The van der Waals surface area contributed by atoms with E-state index in [1.165, 1.54) is 38.6 Å². The zero-order chi connectivity index (χ0) is 12.7. The summed E-state index contributed by atoms with van der Waals surface area (Å²) < 4.78 is 21.9. The maximum absolute atomic E-state index is 11.0. The predicted octanol–water partition coefficient (Wildman–Crippen LogP) is 0.885. The van der Waals surface area contributed by atoms with E-state index in [9.17, 15) is 8.42 Å². The summed E-state index contributed by atoms with van der Waals surface area (Å²) in [4.78, 5) is 2.50. The zero-order valence-corrected chi connectivity index (χ0v) is 11.9. The summed E-state index contributed by atoms with van der Waals surface area (Å²) in [6.45, 7) is 6.49. The first kappa shape index (κ1) is 14.9. The summed E-state index contributed by atoms with van der Waals surface area (Å²) in [5.74, 6) is 0.288. The maximum atomic E-state index is 11.0. The van der Waals surface area contributed by atoms with E-state index in [2.05, 4.69) is 17.1 Å². The fourth-order valence-electron chi connectivity index (χ4n) is 2.28. The molecule has 0 bridgehead atoms. The molecule has 0 amide bonds. The van der Waals surface area contributed by atoms with Gasteiger partial charge in [-0.3, -0.25) is 0 Å². The first-order valence-corrected chi connectivity index (χ1v) is 8.67. The summed E-state index contributed by atoms with van der Waals surface area (Å²) >= 11 is 0. The first-order valence-electron chi connectivity index (χ1n) is 6.61. The van der Waals surface area contributed by atoms with Crippen molar-refractivity contribution < 1.29 is 8.42 Å². The van der Waals surface area contributed by atoms with Crippen LogP contribution in [0.4, 0.5) is 0 Å². The van der Waals surface area contributed by atoms with Crippen LogP contribution in [0, 0.1) is 0 Å². The summed E-state index contributed by atoms with van der Waals surface area (Å²) in [5.41, 5.74) is 0. The molecule has 17 heavy (non-hydrogen) atoms.